The maximum atomic E-state index is 13.3. The molecule has 33 heavy (non-hydrogen) atoms. The van der Waals surface area contributed by atoms with Gasteiger partial charge in [0.1, 0.15) is 23.3 Å². The summed E-state index contributed by atoms with van der Waals surface area (Å²) in [5.41, 5.74) is 9.72. The summed E-state index contributed by atoms with van der Waals surface area (Å²) in [4.78, 5) is 31.0. The normalized spacial score (nSPS) is 14.2. The van der Waals surface area contributed by atoms with Gasteiger partial charge >= 0.3 is 12.2 Å². The van der Waals surface area contributed by atoms with Crippen LogP contribution in [0, 0.1) is 0 Å². The molecule has 1 aromatic carbocycles. The van der Waals surface area contributed by atoms with Crippen molar-refractivity contribution in [3.05, 3.63) is 47.2 Å². The molecule has 3 rings (SSSR count). The smallest absolute Gasteiger partial charge is 0.416 e. The molecular weight excluding hydrogens is 443 g/mol. The monoisotopic (exact) mass is 461 g/mol. The van der Waals surface area contributed by atoms with Gasteiger partial charge in [-0.3, -0.25) is 9.59 Å². The van der Waals surface area contributed by atoms with Gasteiger partial charge in [0.25, 0.3) is 5.91 Å². The number of amides is 2. The predicted octanol–water partition coefficient (Wildman–Crippen LogP) is 2.52. The van der Waals surface area contributed by atoms with Gasteiger partial charge in [0.2, 0.25) is 5.91 Å². The molecule has 0 saturated heterocycles. The average Bonchev–Trinajstić information content (AvgIpc) is 3.02. The number of benzene rings is 1. The second-order valence-electron chi connectivity index (χ2n) is 6.80. The van der Waals surface area contributed by atoms with Crippen LogP contribution in [0.5, 0.6) is 11.8 Å². The van der Waals surface area contributed by atoms with Crippen molar-refractivity contribution in [3.8, 4) is 11.8 Å². The van der Waals surface area contributed by atoms with Crippen LogP contribution < -0.4 is 21.5 Å². The number of nitrogens with one attached hydrogen (secondary N) is 1. The van der Waals surface area contributed by atoms with Gasteiger partial charge in [0.15, 0.2) is 0 Å². The summed E-state index contributed by atoms with van der Waals surface area (Å²) in [5, 5.41) is 10.2. The minimum atomic E-state index is -4.60. The lowest BCUT2D eigenvalue weighted by atomic mass is 10.0. The fourth-order valence-electron chi connectivity index (χ4n) is 2.68. The molecule has 0 spiro atoms. The Bertz CT molecular complexity index is 1180. The van der Waals surface area contributed by atoms with Gasteiger partial charge in [-0.05, 0) is 25.1 Å². The molecule has 0 bridgehead atoms. The number of carbonyl (C=O) groups is 2. The number of primary amides is 2. The van der Waals surface area contributed by atoms with Gasteiger partial charge in [0, 0.05) is 29.8 Å². The number of alkyl halides is 3. The van der Waals surface area contributed by atoms with E-state index in [4.69, 9.17) is 16.2 Å². The molecule has 1 aromatic heterocycles. The lowest BCUT2D eigenvalue weighted by molar-refractivity contribution is -0.137. The number of allylic oxidation sites excluding steroid dienone is 2. The van der Waals surface area contributed by atoms with Crippen molar-refractivity contribution in [2.75, 3.05) is 5.32 Å². The van der Waals surface area contributed by atoms with Gasteiger partial charge in [0.05, 0.1) is 11.8 Å². The van der Waals surface area contributed by atoms with Crippen LogP contribution >= 0.6 is 0 Å². The van der Waals surface area contributed by atoms with Crippen LogP contribution in [0.2, 0.25) is 0 Å². The van der Waals surface area contributed by atoms with Crippen molar-refractivity contribution < 1.29 is 27.5 Å². The van der Waals surface area contributed by atoms with Crippen LogP contribution in [-0.4, -0.2) is 40.3 Å². The van der Waals surface area contributed by atoms with Gasteiger partial charge in [-0.2, -0.15) is 33.3 Å². The number of nitrogens with two attached hydrogens (primary N) is 2. The summed E-state index contributed by atoms with van der Waals surface area (Å²) in [5.74, 6) is -1.65. The molecule has 172 valence electrons. The highest BCUT2D eigenvalue weighted by Crippen LogP contribution is 2.36. The molecule has 2 amide bonds. The quantitative estimate of drug-likeness (QED) is 0.575. The van der Waals surface area contributed by atoms with Crippen molar-refractivity contribution in [1.82, 2.24) is 9.97 Å². The molecule has 0 saturated carbocycles. The van der Waals surface area contributed by atoms with E-state index in [1.807, 2.05) is 0 Å². The van der Waals surface area contributed by atoms with Crippen molar-refractivity contribution in [1.29, 1.82) is 0 Å². The van der Waals surface area contributed by atoms with Crippen molar-refractivity contribution >= 4 is 35.6 Å². The third kappa shape index (κ3) is 5.90. The van der Waals surface area contributed by atoms with Crippen molar-refractivity contribution in [2.24, 2.45) is 21.7 Å². The van der Waals surface area contributed by atoms with Crippen LogP contribution in [0.15, 0.2) is 40.5 Å². The molecule has 1 aliphatic rings. The summed E-state index contributed by atoms with van der Waals surface area (Å²) in [6.07, 6.45) is 0.113. The number of hydrogen-bond acceptors (Lipinski definition) is 8. The summed E-state index contributed by atoms with van der Waals surface area (Å²) >= 11 is 0. The third-order valence-corrected chi connectivity index (χ3v) is 4.36. The molecule has 1 atom stereocenters. The van der Waals surface area contributed by atoms with Crippen LogP contribution in [-0.2, 0) is 11.0 Å². The van der Waals surface area contributed by atoms with Crippen molar-refractivity contribution in [3.63, 3.8) is 0 Å². The minimum Gasteiger partial charge on any atom is -0.424 e. The zero-order chi connectivity index (χ0) is 24.2. The SMILES string of the molecule is CC(Nc1cc(C(N)=O)nc(Oc2ccc(C(F)(F)F)cc2C2=CCC=NN=C2)n1)C(N)=O. The van der Waals surface area contributed by atoms with E-state index < -0.39 is 35.6 Å². The topological polar surface area (TPSA) is 158 Å². The molecule has 0 radical (unpaired) electrons. The Kier molecular flexibility index (Phi) is 6.70. The molecule has 5 N–H and O–H groups in total. The molecule has 10 nitrogen and oxygen atoms in total. The summed E-state index contributed by atoms with van der Waals surface area (Å²) in [6.45, 7) is 1.46. The van der Waals surface area contributed by atoms with E-state index in [9.17, 15) is 22.8 Å². The van der Waals surface area contributed by atoms with Crippen LogP contribution in [0.1, 0.15) is 35.0 Å². The Morgan fingerprint density at radius 3 is 2.58 bits per heavy atom. The highest BCUT2D eigenvalue weighted by molar-refractivity contribution is 6.11. The second kappa shape index (κ2) is 9.46. The number of rotatable bonds is 7. The summed E-state index contributed by atoms with van der Waals surface area (Å²) in [6, 6.07) is 2.75. The van der Waals surface area contributed by atoms with E-state index in [1.165, 1.54) is 25.4 Å². The molecule has 1 aliphatic heterocycles. The zero-order valence-corrected chi connectivity index (χ0v) is 17.1. The Labute approximate surface area is 185 Å². The van der Waals surface area contributed by atoms with Crippen LogP contribution in [0.3, 0.4) is 0 Å². The minimum absolute atomic E-state index is 0.00259. The summed E-state index contributed by atoms with van der Waals surface area (Å²) < 4.78 is 45.6. The Morgan fingerprint density at radius 1 is 1.15 bits per heavy atom. The first kappa shape index (κ1) is 23.4. The standard InChI is InChI=1S/C20H18F3N7O3/c1-10(17(24)31)28-16-8-14(18(25)32)29-19(30-16)33-15-5-4-12(20(21,22)23)7-13(15)11-3-2-6-26-27-9-11/h3-10H,2H2,1H3,(H2,24,31)(H2,25,32)(H,28,29,30). The molecule has 13 heteroatoms. The molecular formula is C20H18F3N7O3. The highest BCUT2D eigenvalue weighted by Gasteiger charge is 2.31. The second-order valence-corrected chi connectivity index (χ2v) is 6.80. The van der Waals surface area contributed by atoms with Gasteiger partial charge in [-0.1, -0.05) is 6.08 Å². The number of hydrogen-bond donors (Lipinski definition) is 3. The third-order valence-electron chi connectivity index (χ3n) is 4.36. The van der Waals surface area contributed by atoms with E-state index in [0.717, 1.165) is 18.2 Å². The van der Waals surface area contributed by atoms with E-state index in [0.29, 0.717) is 12.0 Å². The maximum Gasteiger partial charge on any atom is 0.416 e. The molecule has 2 aromatic rings. The number of nitrogens with zero attached hydrogens (tertiary/aromatic N) is 4. The number of aromatic nitrogens is 2. The number of carbonyl (C=O) groups excluding carboxylic acids is 2. The van der Waals surface area contributed by atoms with Gasteiger partial charge in [-0.25, -0.2) is 0 Å². The predicted molar refractivity (Wildman–Crippen MR) is 114 cm³/mol. The van der Waals surface area contributed by atoms with E-state index in [2.05, 4.69) is 25.5 Å². The van der Waals surface area contributed by atoms with Gasteiger partial charge < -0.3 is 21.5 Å². The van der Waals surface area contributed by atoms with E-state index >= 15 is 0 Å². The number of halogens is 3. The molecule has 0 aliphatic carbocycles. The average molecular weight is 461 g/mol. The van der Waals surface area contributed by atoms with Crippen LogP contribution in [0.25, 0.3) is 5.57 Å². The summed E-state index contributed by atoms with van der Waals surface area (Å²) in [7, 11) is 0. The van der Waals surface area contributed by atoms with Crippen molar-refractivity contribution in [2.45, 2.75) is 25.6 Å². The molecule has 2 heterocycles. The zero-order valence-electron chi connectivity index (χ0n) is 17.1. The first-order valence-electron chi connectivity index (χ1n) is 9.44. The lowest BCUT2D eigenvalue weighted by Crippen LogP contribution is -2.33. The highest BCUT2D eigenvalue weighted by atomic mass is 19.4. The number of anilines is 1. The van der Waals surface area contributed by atoms with Crippen LogP contribution in [0.4, 0.5) is 19.0 Å². The van der Waals surface area contributed by atoms with E-state index in [-0.39, 0.29) is 22.8 Å². The van der Waals surface area contributed by atoms with Gasteiger partial charge in [-0.15, -0.1) is 0 Å². The fraction of sp³-hybridized carbons (Fsp3) is 0.200. The Morgan fingerprint density at radius 2 is 1.91 bits per heavy atom. The Hall–Kier alpha value is -4.29. The largest absolute Gasteiger partial charge is 0.424 e. The Balaban J connectivity index is 2.06. The maximum absolute atomic E-state index is 13.3. The fourth-order valence-corrected chi connectivity index (χ4v) is 2.68. The lowest BCUT2D eigenvalue weighted by Gasteiger charge is -2.15. The first-order chi connectivity index (χ1) is 15.5. The molecule has 1 unspecified atom stereocenters. The van der Waals surface area contributed by atoms with E-state index in [1.54, 1.807) is 6.08 Å². The molecule has 0 fully saturated rings. The number of ether oxygens (including phenoxy) is 1. The first-order valence-corrected chi connectivity index (χ1v) is 9.44.